The van der Waals surface area contributed by atoms with Crippen molar-refractivity contribution in [2.24, 2.45) is 0 Å². The smallest absolute Gasteiger partial charge is 0.339 e. The second-order valence-corrected chi connectivity index (χ2v) is 7.86. The average molecular weight is 421 g/mol. The van der Waals surface area contributed by atoms with Gasteiger partial charge >= 0.3 is 5.97 Å². The monoisotopic (exact) mass is 421 g/mol. The number of esters is 1. The molecule has 3 aromatic rings. The summed E-state index contributed by atoms with van der Waals surface area (Å²) in [5.41, 5.74) is 1.40. The van der Waals surface area contributed by atoms with E-state index in [-0.39, 0.29) is 23.5 Å². The van der Waals surface area contributed by atoms with Crippen LogP contribution in [0.3, 0.4) is 0 Å². The SMILES string of the molecule is CC[C@@]1(C)CC(=O)c2c(ccc3oc(C(=O)Nc4ccccc4C(=O)OC)c(C)c23)O1. The van der Waals surface area contributed by atoms with Crippen LogP contribution in [0.25, 0.3) is 11.0 Å². The van der Waals surface area contributed by atoms with E-state index in [1.54, 1.807) is 43.3 Å². The number of hydrogen-bond acceptors (Lipinski definition) is 6. The van der Waals surface area contributed by atoms with E-state index in [9.17, 15) is 14.4 Å². The highest BCUT2D eigenvalue weighted by molar-refractivity contribution is 6.15. The summed E-state index contributed by atoms with van der Waals surface area (Å²) < 4.78 is 16.7. The zero-order valence-electron chi connectivity index (χ0n) is 17.8. The Labute approximate surface area is 179 Å². The molecule has 0 saturated carbocycles. The highest BCUT2D eigenvalue weighted by Gasteiger charge is 2.37. The second kappa shape index (κ2) is 7.58. The first-order valence-electron chi connectivity index (χ1n) is 10.0. The van der Waals surface area contributed by atoms with Crippen LogP contribution in [0.2, 0.25) is 0 Å². The van der Waals surface area contributed by atoms with Gasteiger partial charge in [0.05, 0.1) is 30.3 Å². The molecule has 0 fully saturated rings. The van der Waals surface area contributed by atoms with Crippen molar-refractivity contribution in [2.45, 2.75) is 39.2 Å². The van der Waals surface area contributed by atoms with Crippen LogP contribution in [-0.2, 0) is 4.74 Å². The van der Waals surface area contributed by atoms with Crippen LogP contribution in [-0.4, -0.2) is 30.4 Å². The summed E-state index contributed by atoms with van der Waals surface area (Å²) in [4.78, 5) is 38.0. The Hall–Kier alpha value is -3.61. The van der Waals surface area contributed by atoms with Crippen LogP contribution in [0.4, 0.5) is 5.69 Å². The lowest BCUT2D eigenvalue weighted by molar-refractivity contribution is 0.0502. The molecule has 0 radical (unpaired) electrons. The number of amides is 1. The molecule has 4 rings (SSSR count). The Balaban J connectivity index is 1.75. The quantitative estimate of drug-likeness (QED) is 0.601. The maximum absolute atomic E-state index is 13.0. The van der Waals surface area contributed by atoms with E-state index in [1.165, 1.54) is 7.11 Å². The number of aryl methyl sites for hydroxylation is 1. The van der Waals surface area contributed by atoms with E-state index >= 15 is 0 Å². The van der Waals surface area contributed by atoms with E-state index < -0.39 is 17.5 Å². The molecule has 1 atom stereocenters. The molecule has 1 aliphatic heterocycles. The minimum atomic E-state index is -0.562. The number of benzene rings is 2. The molecule has 1 aromatic heterocycles. The molecule has 0 saturated heterocycles. The van der Waals surface area contributed by atoms with Gasteiger partial charge in [0.25, 0.3) is 5.91 Å². The van der Waals surface area contributed by atoms with Gasteiger partial charge in [-0.2, -0.15) is 0 Å². The van der Waals surface area contributed by atoms with E-state index in [0.29, 0.717) is 40.0 Å². The van der Waals surface area contributed by atoms with Gasteiger partial charge in [-0.05, 0) is 44.5 Å². The van der Waals surface area contributed by atoms with Crippen molar-refractivity contribution in [1.29, 1.82) is 0 Å². The Kier molecular flexibility index (Phi) is 5.05. The average Bonchev–Trinajstić information content (AvgIpc) is 3.10. The van der Waals surface area contributed by atoms with Crippen molar-refractivity contribution >= 4 is 34.3 Å². The van der Waals surface area contributed by atoms with Crippen LogP contribution in [0.15, 0.2) is 40.8 Å². The highest BCUT2D eigenvalue weighted by atomic mass is 16.5. The molecule has 1 N–H and O–H groups in total. The Morgan fingerprint density at radius 3 is 2.65 bits per heavy atom. The summed E-state index contributed by atoms with van der Waals surface area (Å²) in [5.74, 6) is -0.558. The Bertz CT molecular complexity index is 1220. The van der Waals surface area contributed by atoms with Gasteiger partial charge in [0.1, 0.15) is 16.9 Å². The molecule has 1 amide bonds. The van der Waals surface area contributed by atoms with Crippen LogP contribution in [0.5, 0.6) is 5.75 Å². The van der Waals surface area contributed by atoms with Gasteiger partial charge < -0.3 is 19.2 Å². The lowest BCUT2D eigenvalue weighted by atomic mass is 9.87. The molecule has 1 aliphatic rings. The van der Waals surface area contributed by atoms with Crippen molar-refractivity contribution in [3.8, 4) is 5.75 Å². The third-order valence-electron chi connectivity index (χ3n) is 5.76. The zero-order chi connectivity index (χ0) is 22.3. The summed E-state index contributed by atoms with van der Waals surface area (Å²) in [6, 6.07) is 9.95. The maximum atomic E-state index is 13.0. The van der Waals surface area contributed by atoms with Gasteiger partial charge in [0.2, 0.25) is 0 Å². The number of Topliss-reactive ketones (excluding diaryl/α,β-unsaturated/α-hetero) is 1. The van der Waals surface area contributed by atoms with E-state index in [2.05, 4.69) is 5.32 Å². The number of rotatable bonds is 4. The molecule has 0 spiro atoms. The van der Waals surface area contributed by atoms with Crippen molar-refractivity contribution in [3.05, 3.63) is 58.8 Å². The number of ether oxygens (including phenoxy) is 2. The number of hydrogen-bond donors (Lipinski definition) is 1. The topological polar surface area (TPSA) is 94.8 Å². The van der Waals surface area contributed by atoms with Gasteiger partial charge in [0, 0.05) is 10.9 Å². The predicted octanol–water partition coefficient (Wildman–Crippen LogP) is 4.91. The molecule has 31 heavy (non-hydrogen) atoms. The summed E-state index contributed by atoms with van der Waals surface area (Å²) in [6.07, 6.45) is 0.960. The number of fused-ring (bicyclic) bond motifs is 3. The van der Waals surface area contributed by atoms with Crippen molar-refractivity contribution < 1.29 is 28.3 Å². The molecule has 7 nitrogen and oxygen atoms in total. The summed E-state index contributed by atoms with van der Waals surface area (Å²) in [7, 11) is 1.27. The minimum Gasteiger partial charge on any atom is -0.486 e. The number of furan rings is 1. The van der Waals surface area contributed by atoms with Crippen molar-refractivity contribution in [3.63, 3.8) is 0 Å². The van der Waals surface area contributed by atoms with Gasteiger partial charge in [0.15, 0.2) is 11.5 Å². The Morgan fingerprint density at radius 1 is 1.19 bits per heavy atom. The highest BCUT2D eigenvalue weighted by Crippen LogP contribution is 2.41. The number of carbonyl (C=O) groups is 3. The molecular weight excluding hydrogens is 398 g/mol. The zero-order valence-corrected chi connectivity index (χ0v) is 17.8. The number of ketones is 1. The number of nitrogens with one attached hydrogen (secondary N) is 1. The largest absolute Gasteiger partial charge is 0.486 e. The number of para-hydroxylation sites is 1. The standard InChI is InChI=1S/C24H23NO6/c1-5-24(3)12-16(26)20-18(31-24)11-10-17-19(20)13(2)21(30-17)22(27)25-15-9-7-6-8-14(15)23(28)29-4/h6-11H,5,12H2,1-4H3,(H,25,27)/t24-/m0/s1. The fraction of sp³-hybridized carbons (Fsp3) is 0.292. The molecule has 0 aliphatic carbocycles. The summed E-state index contributed by atoms with van der Waals surface area (Å²) >= 11 is 0. The van der Waals surface area contributed by atoms with Crippen LogP contribution >= 0.6 is 0 Å². The first kappa shape index (κ1) is 20.7. The van der Waals surface area contributed by atoms with Crippen molar-refractivity contribution in [1.82, 2.24) is 0 Å². The third-order valence-corrected chi connectivity index (χ3v) is 5.76. The first-order valence-corrected chi connectivity index (χ1v) is 10.0. The summed E-state index contributed by atoms with van der Waals surface area (Å²) in [5, 5.41) is 3.28. The number of carbonyl (C=O) groups excluding carboxylic acids is 3. The lowest BCUT2D eigenvalue weighted by Crippen LogP contribution is -2.38. The molecule has 7 heteroatoms. The molecule has 0 unspecified atom stereocenters. The van der Waals surface area contributed by atoms with Gasteiger partial charge in [-0.25, -0.2) is 4.79 Å². The van der Waals surface area contributed by atoms with Crippen molar-refractivity contribution in [2.75, 3.05) is 12.4 Å². The molecule has 2 heterocycles. The molecule has 0 bridgehead atoms. The third kappa shape index (κ3) is 3.46. The van der Waals surface area contributed by atoms with Crippen LogP contribution < -0.4 is 10.1 Å². The molecule has 160 valence electrons. The second-order valence-electron chi connectivity index (χ2n) is 7.86. The Morgan fingerprint density at radius 2 is 1.94 bits per heavy atom. The van der Waals surface area contributed by atoms with Gasteiger partial charge in [-0.15, -0.1) is 0 Å². The van der Waals surface area contributed by atoms with Crippen LogP contribution in [0.1, 0.15) is 63.5 Å². The molecule has 2 aromatic carbocycles. The van der Waals surface area contributed by atoms with E-state index in [0.717, 1.165) is 0 Å². The van der Waals surface area contributed by atoms with E-state index in [4.69, 9.17) is 13.9 Å². The fourth-order valence-corrected chi connectivity index (χ4v) is 3.89. The normalized spacial score (nSPS) is 17.7. The lowest BCUT2D eigenvalue weighted by Gasteiger charge is -2.34. The van der Waals surface area contributed by atoms with E-state index in [1.807, 2.05) is 13.8 Å². The minimum absolute atomic E-state index is 0.0388. The van der Waals surface area contributed by atoms with Crippen LogP contribution in [0, 0.1) is 6.92 Å². The number of anilines is 1. The first-order chi connectivity index (χ1) is 14.8. The summed E-state index contributed by atoms with van der Waals surface area (Å²) in [6.45, 7) is 5.63. The molecular formula is C24H23NO6. The van der Waals surface area contributed by atoms with Gasteiger partial charge in [-0.1, -0.05) is 19.1 Å². The maximum Gasteiger partial charge on any atom is 0.339 e. The fourth-order valence-electron chi connectivity index (χ4n) is 3.89. The van der Waals surface area contributed by atoms with Gasteiger partial charge in [-0.3, -0.25) is 9.59 Å². The predicted molar refractivity (Wildman–Crippen MR) is 115 cm³/mol. The number of methoxy groups -OCH3 is 1.